The number of nitrogens with zero attached hydrogens (tertiary/aromatic N) is 3. The first-order chi connectivity index (χ1) is 6.31. The predicted octanol–water partition coefficient (Wildman–Crippen LogP) is 0.218. The Morgan fingerprint density at radius 3 is 3.15 bits per heavy atom. The van der Waals surface area contributed by atoms with Gasteiger partial charge in [0.05, 0.1) is 11.7 Å². The standard InChI is InChI=1S/C9H16N4/c1-12-5-3-9(7-12)13-8(6-10)2-4-11-13/h2,4,9H,3,5-7,10H2,1H3. The third-order valence-electron chi connectivity index (χ3n) is 2.67. The highest BCUT2D eigenvalue weighted by Gasteiger charge is 2.22. The summed E-state index contributed by atoms with van der Waals surface area (Å²) in [5.74, 6) is 0. The number of likely N-dealkylation sites (tertiary alicyclic amines) is 1. The SMILES string of the molecule is CN1CCC(n2nccc2CN)C1. The van der Waals surface area contributed by atoms with Crippen LogP contribution in [0.25, 0.3) is 0 Å². The van der Waals surface area contributed by atoms with Crippen LogP contribution in [0.3, 0.4) is 0 Å². The van der Waals surface area contributed by atoms with E-state index in [0.717, 1.165) is 18.8 Å². The van der Waals surface area contributed by atoms with Gasteiger partial charge in [-0.15, -0.1) is 0 Å². The van der Waals surface area contributed by atoms with Gasteiger partial charge in [-0.2, -0.15) is 5.10 Å². The van der Waals surface area contributed by atoms with Gasteiger partial charge in [0.1, 0.15) is 0 Å². The Morgan fingerprint density at radius 2 is 2.54 bits per heavy atom. The molecular weight excluding hydrogens is 164 g/mol. The van der Waals surface area contributed by atoms with E-state index in [1.54, 1.807) is 0 Å². The van der Waals surface area contributed by atoms with Crippen molar-refractivity contribution >= 4 is 0 Å². The molecule has 2 N–H and O–H groups in total. The molecule has 1 aliphatic heterocycles. The molecule has 1 unspecified atom stereocenters. The van der Waals surface area contributed by atoms with E-state index < -0.39 is 0 Å². The fraction of sp³-hybridized carbons (Fsp3) is 0.667. The Balaban J connectivity index is 2.16. The van der Waals surface area contributed by atoms with E-state index >= 15 is 0 Å². The topological polar surface area (TPSA) is 47.1 Å². The first-order valence-electron chi connectivity index (χ1n) is 4.72. The quantitative estimate of drug-likeness (QED) is 0.708. The van der Waals surface area contributed by atoms with E-state index in [4.69, 9.17) is 5.73 Å². The fourth-order valence-electron chi connectivity index (χ4n) is 1.94. The molecule has 2 rings (SSSR count). The molecule has 1 fully saturated rings. The molecule has 4 nitrogen and oxygen atoms in total. The molecule has 1 aliphatic rings. The summed E-state index contributed by atoms with van der Waals surface area (Å²) in [7, 11) is 2.14. The van der Waals surface area contributed by atoms with Crippen molar-refractivity contribution in [3.8, 4) is 0 Å². The number of rotatable bonds is 2. The van der Waals surface area contributed by atoms with E-state index in [9.17, 15) is 0 Å². The molecule has 1 saturated heterocycles. The first-order valence-corrected chi connectivity index (χ1v) is 4.72. The molecule has 0 bridgehead atoms. The monoisotopic (exact) mass is 180 g/mol. The Kier molecular flexibility index (Phi) is 2.33. The summed E-state index contributed by atoms with van der Waals surface area (Å²) >= 11 is 0. The maximum Gasteiger partial charge on any atom is 0.0661 e. The highest BCUT2D eigenvalue weighted by molar-refractivity contribution is 5.02. The van der Waals surface area contributed by atoms with Crippen LogP contribution in [0.15, 0.2) is 12.3 Å². The van der Waals surface area contributed by atoms with E-state index in [-0.39, 0.29) is 0 Å². The lowest BCUT2D eigenvalue weighted by atomic mass is 10.2. The summed E-state index contributed by atoms with van der Waals surface area (Å²) in [6.07, 6.45) is 3.02. The van der Waals surface area contributed by atoms with E-state index in [1.807, 2.05) is 12.3 Å². The average Bonchev–Trinajstić information content (AvgIpc) is 2.71. The first kappa shape index (κ1) is 8.72. The Labute approximate surface area is 78.3 Å². The maximum atomic E-state index is 5.62. The summed E-state index contributed by atoms with van der Waals surface area (Å²) in [6, 6.07) is 2.52. The summed E-state index contributed by atoms with van der Waals surface area (Å²) in [6.45, 7) is 2.84. The van der Waals surface area contributed by atoms with Crippen molar-refractivity contribution in [2.24, 2.45) is 5.73 Å². The highest BCUT2D eigenvalue weighted by atomic mass is 15.3. The molecule has 72 valence electrons. The minimum atomic E-state index is 0.526. The number of hydrogen-bond acceptors (Lipinski definition) is 3. The van der Waals surface area contributed by atoms with E-state index in [0.29, 0.717) is 12.6 Å². The molecule has 0 aliphatic carbocycles. The highest BCUT2D eigenvalue weighted by Crippen LogP contribution is 2.20. The Bertz CT molecular complexity index is 281. The fourth-order valence-corrected chi connectivity index (χ4v) is 1.94. The minimum Gasteiger partial charge on any atom is -0.325 e. The van der Waals surface area contributed by atoms with Crippen molar-refractivity contribution in [3.63, 3.8) is 0 Å². The van der Waals surface area contributed by atoms with E-state index in [2.05, 4.69) is 21.7 Å². The maximum absolute atomic E-state index is 5.62. The molecule has 0 amide bonds. The summed E-state index contributed by atoms with van der Waals surface area (Å²) in [5.41, 5.74) is 6.76. The largest absolute Gasteiger partial charge is 0.325 e. The molecule has 2 heterocycles. The smallest absolute Gasteiger partial charge is 0.0661 e. The normalized spacial score (nSPS) is 24.0. The van der Waals surface area contributed by atoms with Crippen LogP contribution in [0.2, 0.25) is 0 Å². The average molecular weight is 180 g/mol. The zero-order chi connectivity index (χ0) is 9.26. The van der Waals surface area contributed by atoms with Crippen LogP contribution < -0.4 is 5.73 Å². The van der Waals surface area contributed by atoms with Gasteiger partial charge in [0.25, 0.3) is 0 Å². The molecule has 1 aromatic heterocycles. The summed E-state index contributed by atoms with van der Waals surface area (Å²) in [4.78, 5) is 2.33. The second kappa shape index (κ2) is 3.47. The molecule has 0 radical (unpaired) electrons. The van der Waals surface area contributed by atoms with Crippen molar-refractivity contribution in [3.05, 3.63) is 18.0 Å². The third-order valence-corrected chi connectivity index (χ3v) is 2.67. The molecular formula is C9H16N4. The van der Waals surface area contributed by atoms with Crippen molar-refractivity contribution in [2.45, 2.75) is 19.0 Å². The summed E-state index contributed by atoms with van der Waals surface area (Å²) < 4.78 is 2.07. The van der Waals surface area contributed by atoms with Gasteiger partial charge >= 0.3 is 0 Å². The van der Waals surface area contributed by atoms with Crippen LogP contribution in [-0.4, -0.2) is 34.8 Å². The van der Waals surface area contributed by atoms with Gasteiger partial charge < -0.3 is 10.6 Å². The molecule has 1 atom stereocenters. The van der Waals surface area contributed by atoms with Crippen LogP contribution in [0, 0.1) is 0 Å². The van der Waals surface area contributed by atoms with Crippen LogP contribution in [0.4, 0.5) is 0 Å². The van der Waals surface area contributed by atoms with Crippen molar-refractivity contribution in [2.75, 3.05) is 20.1 Å². The van der Waals surface area contributed by atoms with Crippen LogP contribution >= 0.6 is 0 Å². The molecule has 0 spiro atoms. The van der Waals surface area contributed by atoms with Gasteiger partial charge in [-0.05, 0) is 26.1 Å². The van der Waals surface area contributed by atoms with Crippen molar-refractivity contribution < 1.29 is 0 Å². The van der Waals surface area contributed by atoms with Gasteiger partial charge in [-0.3, -0.25) is 4.68 Å². The van der Waals surface area contributed by atoms with Gasteiger partial charge in [0.2, 0.25) is 0 Å². The van der Waals surface area contributed by atoms with Gasteiger partial charge in [-0.1, -0.05) is 0 Å². The number of aromatic nitrogens is 2. The zero-order valence-electron chi connectivity index (χ0n) is 7.98. The Morgan fingerprint density at radius 1 is 1.69 bits per heavy atom. The summed E-state index contributed by atoms with van der Waals surface area (Å²) in [5, 5.41) is 4.31. The van der Waals surface area contributed by atoms with Crippen LogP contribution in [-0.2, 0) is 6.54 Å². The lowest BCUT2D eigenvalue weighted by Gasteiger charge is -2.13. The van der Waals surface area contributed by atoms with Crippen LogP contribution in [0.1, 0.15) is 18.2 Å². The lowest BCUT2D eigenvalue weighted by Crippen LogP contribution is -2.19. The number of nitrogens with two attached hydrogens (primary N) is 1. The van der Waals surface area contributed by atoms with Crippen LogP contribution in [0.5, 0.6) is 0 Å². The number of likely N-dealkylation sites (N-methyl/N-ethyl adjacent to an activating group) is 1. The van der Waals surface area contributed by atoms with Gasteiger partial charge in [0, 0.05) is 19.3 Å². The predicted molar refractivity (Wildman–Crippen MR) is 51.3 cm³/mol. The van der Waals surface area contributed by atoms with Gasteiger partial charge in [0.15, 0.2) is 0 Å². The van der Waals surface area contributed by atoms with Crippen molar-refractivity contribution in [1.82, 2.24) is 14.7 Å². The van der Waals surface area contributed by atoms with Crippen molar-refractivity contribution in [1.29, 1.82) is 0 Å². The second-order valence-electron chi connectivity index (χ2n) is 3.68. The molecule has 13 heavy (non-hydrogen) atoms. The third kappa shape index (κ3) is 1.59. The second-order valence-corrected chi connectivity index (χ2v) is 3.68. The molecule has 0 saturated carbocycles. The Hall–Kier alpha value is -0.870. The van der Waals surface area contributed by atoms with E-state index in [1.165, 1.54) is 6.42 Å². The molecule has 4 heteroatoms. The zero-order valence-corrected chi connectivity index (χ0v) is 7.98. The van der Waals surface area contributed by atoms with Gasteiger partial charge in [-0.25, -0.2) is 0 Å². The number of hydrogen-bond donors (Lipinski definition) is 1. The lowest BCUT2D eigenvalue weighted by molar-refractivity contribution is 0.378. The molecule has 1 aromatic rings. The molecule has 0 aromatic carbocycles. The minimum absolute atomic E-state index is 0.526.